The van der Waals surface area contributed by atoms with Crippen molar-refractivity contribution < 1.29 is 19.4 Å². The van der Waals surface area contributed by atoms with Gasteiger partial charge < -0.3 is 19.6 Å². The van der Waals surface area contributed by atoms with Crippen LogP contribution in [0.4, 0.5) is 10.5 Å². The number of aromatic carboxylic acids is 1. The van der Waals surface area contributed by atoms with Gasteiger partial charge in [-0.25, -0.2) is 9.59 Å². The first-order valence-electron chi connectivity index (χ1n) is 12.5. The second-order valence-corrected chi connectivity index (χ2v) is 9.70. The minimum Gasteiger partial charge on any atom is -0.478 e. The smallest absolute Gasteiger partial charge is 0.409 e. The number of carbonyl (C=O) groups is 2. The molecule has 1 saturated heterocycles. The molecule has 37 heavy (non-hydrogen) atoms. The highest BCUT2D eigenvalue weighted by Crippen LogP contribution is 2.44. The van der Waals surface area contributed by atoms with Gasteiger partial charge in [-0.05, 0) is 59.7 Å². The van der Waals surface area contributed by atoms with Crippen LogP contribution in [0.15, 0.2) is 48.5 Å². The van der Waals surface area contributed by atoms with Gasteiger partial charge in [-0.1, -0.05) is 54.5 Å². The minimum absolute atomic E-state index is 0.0205. The highest BCUT2D eigenvalue weighted by atomic mass is 16.6. The Labute approximate surface area is 217 Å². The molecule has 1 fully saturated rings. The monoisotopic (exact) mass is 494 g/mol. The molecule has 1 N–H and O–H groups in total. The average molecular weight is 495 g/mol. The predicted octanol–water partition coefficient (Wildman–Crippen LogP) is 5.36. The lowest BCUT2D eigenvalue weighted by Gasteiger charge is -2.38. The maximum atomic E-state index is 13.0. The second-order valence-electron chi connectivity index (χ2n) is 9.70. The molecule has 6 heteroatoms. The van der Waals surface area contributed by atoms with E-state index < -0.39 is 5.97 Å². The summed E-state index contributed by atoms with van der Waals surface area (Å²) in [6.07, 6.45) is 5.42. The maximum absolute atomic E-state index is 13.0. The number of ether oxygens (including phenoxy) is 1. The van der Waals surface area contributed by atoms with Gasteiger partial charge in [0.05, 0.1) is 5.56 Å². The summed E-state index contributed by atoms with van der Waals surface area (Å²) >= 11 is 0. The Bertz CT molecular complexity index is 1400. The fraction of sp³-hybridized carbons (Fsp3) is 0.290. The molecule has 1 aliphatic heterocycles. The maximum Gasteiger partial charge on any atom is 0.409 e. The molecular weight excluding hydrogens is 464 g/mol. The Morgan fingerprint density at radius 1 is 0.919 bits per heavy atom. The molecule has 3 aromatic rings. The number of hydrogen-bond acceptors (Lipinski definition) is 4. The summed E-state index contributed by atoms with van der Waals surface area (Å²) in [5, 5.41) is 9.81. The van der Waals surface area contributed by atoms with Crippen LogP contribution in [0.3, 0.4) is 0 Å². The number of anilines is 1. The molecule has 2 aliphatic rings. The Balaban J connectivity index is 1.28. The molecule has 0 atom stereocenters. The lowest BCUT2D eigenvalue weighted by atomic mass is 9.90. The molecule has 3 aromatic carbocycles. The van der Waals surface area contributed by atoms with Crippen molar-refractivity contribution in [2.75, 3.05) is 37.7 Å². The Kier molecular flexibility index (Phi) is 6.39. The van der Waals surface area contributed by atoms with E-state index in [1.165, 1.54) is 22.3 Å². The summed E-state index contributed by atoms with van der Waals surface area (Å²) in [5.74, 6) is 1.71. The van der Waals surface area contributed by atoms with E-state index in [1.807, 2.05) is 38.1 Å². The number of carboxylic acids is 1. The van der Waals surface area contributed by atoms with Gasteiger partial charge in [0, 0.05) is 43.3 Å². The molecular formula is C31H30N2O4. The van der Waals surface area contributed by atoms with Gasteiger partial charge in [-0.2, -0.15) is 0 Å². The van der Waals surface area contributed by atoms with Gasteiger partial charge in [0.15, 0.2) is 0 Å². The lowest BCUT2D eigenvalue weighted by molar-refractivity contribution is 0.0695. The van der Waals surface area contributed by atoms with Gasteiger partial charge in [0.1, 0.15) is 6.61 Å². The fourth-order valence-corrected chi connectivity index (χ4v) is 6.02. The van der Waals surface area contributed by atoms with E-state index in [9.17, 15) is 14.7 Å². The summed E-state index contributed by atoms with van der Waals surface area (Å²) in [4.78, 5) is 28.9. The molecule has 0 saturated carbocycles. The third-order valence-corrected chi connectivity index (χ3v) is 7.76. The van der Waals surface area contributed by atoms with E-state index in [0.717, 1.165) is 11.3 Å². The van der Waals surface area contributed by atoms with Crippen LogP contribution in [-0.2, 0) is 4.74 Å². The van der Waals surface area contributed by atoms with E-state index in [0.29, 0.717) is 42.9 Å². The van der Waals surface area contributed by atoms with E-state index in [4.69, 9.17) is 11.2 Å². The van der Waals surface area contributed by atoms with Gasteiger partial charge >= 0.3 is 12.1 Å². The van der Waals surface area contributed by atoms with E-state index in [-0.39, 0.29) is 24.2 Å². The SMILES string of the molecule is C#Cc1c(C)c(C(=O)O)c(C)c(N2CCN(C(=O)OCC3c4ccccc4-c4ccccc43)CC2)c1C. The minimum atomic E-state index is -0.981. The van der Waals surface area contributed by atoms with Crippen molar-refractivity contribution in [1.82, 2.24) is 4.90 Å². The van der Waals surface area contributed by atoms with E-state index in [1.54, 1.807) is 11.8 Å². The normalized spacial score (nSPS) is 14.6. The number of hydrogen-bond donors (Lipinski definition) is 1. The highest BCUT2D eigenvalue weighted by molar-refractivity contribution is 5.95. The van der Waals surface area contributed by atoms with Crippen LogP contribution in [0.5, 0.6) is 0 Å². The molecule has 0 unspecified atom stereocenters. The van der Waals surface area contributed by atoms with Gasteiger partial charge in [0.2, 0.25) is 0 Å². The molecule has 0 spiro atoms. The number of nitrogens with zero attached hydrogens (tertiary/aromatic N) is 2. The largest absolute Gasteiger partial charge is 0.478 e. The number of fused-ring (bicyclic) bond motifs is 3. The second kappa shape index (κ2) is 9.67. The predicted molar refractivity (Wildman–Crippen MR) is 144 cm³/mol. The van der Waals surface area contributed by atoms with Crippen molar-refractivity contribution >= 4 is 17.7 Å². The molecule has 0 aromatic heterocycles. The third kappa shape index (κ3) is 4.11. The van der Waals surface area contributed by atoms with Crippen LogP contribution in [-0.4, -0.2) is 54.9 Å². The summed E-state index contributed by atoms with van der Waals surface area (Å²) < 4.78 is 5.83. The third-order valence-electron chi connectivity index (χ3n) is 7.76. The number of amides is 1. The average Bonchev–Trinajstić information content (AvgIpc) is 3.21. The molecule has 188 valence electrons. The van der Waals surface area contributed by atoms with Crippen molar-refractivity contribution in [3.05, 3.63) is 87.5 Å². The first-order chi connectivity index (χ1) is 17.8. The van der Waals surface area contributed by atoms with Crippen molar-refractivity contribution in [2.45, 2.75) is 26.7 Å². The number of rotatable bonds is 4. The first-order valence-corrected chi connectivity index (χ1v) is 12.5. The van der Waals surface area contributed by atoms with Crippen LogP contribution < -0.4 is 4.90 Å². The zero-order valence-electron chi connectivity index (χ0n) is 21.4. The van der Waals surface area contributed by atoms with Crippen molar-refractivity contribution in [3.63, 3.8) is 0 Å². The molecule has 0 bridgehead atoms. The number of benzene rings is 3. The summed E-state index contributed by atoms with van der Waals surface area (Å²) in [5.41, 5.74) is 8.72. The van der Waals surface area contributed by atoms with Crippen LogP contribution in [0.25, 0.3) is 11.1 Å². The standard InChI is InChI=1S/C31H30N2O4/c1-5-22-19(2)28(30(34)35)21(4)29(20(22)3)32-14-16-33(17-15-32)31(36)37-18-27-25-12-8-6-10-23(25)24-11-7-9-13-26(24)27/h1,6-13,27H,14-18H2,2-4H3,(H,34,35). The van der Waals surface area contributed by atoms with Gasteiger partial charge in [0.25, 0.3) is 0 Å². The number of terminal acetylenes is 1. The molecule has 5 rings (SSSR count). The summed E-state index contributed by atoms with van der Waals surface area (Å²) in [6, 6.07) is 16.6. The van der Waals surface area contributed by atoms with Gasteiger partial charge in [-0.3, -0.25) is 0 Å². The van der Waals surface area contributed by atoms with Crippen LogP contribution in [0.1, 0.15) is 49.7 Å². The Morgan fingerprint density at radius 3 is 2.03 bits per heavy atom. The number of carboxylic acid groups (broad SMARTS) is 1. The van der Waals surface area contributed by atoms with Gasteiger partial charge in [-0.15, -0.1) is 6.42 Å². The summed E-state index contributed by atoms with van der Waals surface area (Å²) in [7, 11) is 0. The topological polar surface area (TPSA) is 70.1 Å². The van der Waals surface area contributed by atoms with Crippen molar-refractivity contribution in [1.29, 1.82) is 0 Å². The van der Waals surface area contributed by atoms with Crippen LogP contribution in [0.2, 0.25) is 0 Å². The Morgan fingerprint density at radius 2 is 1.49 bits per heavy atom. The zero-order chi connectivity index (χ0) is 26.3. The molecule has 1 heterocycles. The first kappa shape index (κ1) is 24.5. The molecule has 0 radical (unpaired) electrons. The summed E-state index contributed by atoms with van der Waals surface area (Å²) in [6.45, 7) is 7.92. The molecule has 1 aliphatic carbocycles. The van der Waals surface area contributed by atoms with Crippen molar-refractivity contribution in [3.8, 4) is 23.5 Å². The lowest BCUT2D eigenvalue weighted by Crippen LogP contribution is -2.49. The quantitative estimate of drug-likeness (QED) is 0.495. The van der Waals surface area contributed by atoms with E-state index in [2.05, 4.69) is 35.1 Å². The highest BCUT2D eigenvalue weighted by Gasteiger charge is 2.31. The zero-order valence-corrected chi connectivity index (χ0v) is 21.4. The van der Waals surface area contributed by atoms with Crippen LogP contribution >= 0.6 is 0 Å². The fourth-order valence-electron chi connectivity index (χ4n) is 6.02. The molecule has 1 amide bonds. The van der Waals surface area contributed by atoms with E-state index >= 15 is 0 Å². The Hall–Kier alpha value is -4.24. The number of carbonyl (C=O) groups excluding carboxylic acids is 1. The number of piperazine rings is 1. The molecule has 6 nitrogen and oxygen atoms in total. The van der Waals surface area contributed by atoms with Crippen molar-refractivity contribution in [2.24, 2.45) is 0 Å². The van der Waals surface area contributed by atoms with Crippen LogP contribution in [0, 0.1) is 33.1 Å².